The molecule has 0 unspecified atom stereocenters. The van der Waals surface area contributed by atoms with Crippen molar-refractivity contribution < 1.29 is 4.43 Å². The van der Waals surface area contributed by atoms with E-state index in [9.17, 15) is 0 Å². The number of hydrogen-bond donors (Lipinski definition) is 0. The van der Waals surface area contributed by atoms with Gasteiger partial charge in [0, 0.05) is 12.3 Å². The molecule has 0 N–H and O–H groups in total. The highest BCUT2D eigenvalue weighted by atomic mass is 28.4. The Bertz CT molecular complexity index is 397. The molecule has 2 atom stereocenters. The summed E-state index contributed by atoms with van der Waals surface area (Å²) in [7, 11) is -1.78. The first-order valence-electron chi connectivity index (χ1n) is 9.56. The molecule has 1 aliphatic rings. The van der Waals surface area contributed by atoms with Gasteiger partial charge in [-0.25, -0.2) is 0 Å². The van der Waals surface area contributed by atoms with Crippen LogP contribution in [0.15, 0.2) is 12.2 Å². The maximum absolute atomic E-state index is 6.73. The quantitative estimate of drug-likeness (QED) is 0.315. The predicted molar refractivity (Wildman–Crippen MR) is 105 cm³/mol. The summed E-state index contributed by atoms with van der Waals surface area (Å²) in [5.41, 5.74) is 0. The van der Waals surface area contributed by atoms with Crippen LogP contribution < -0.4 is 0 Å². The van der Waals surface area contributed by atoms with E-state index in [0.717, 1.165) is 6.42 Å². The van der Waals surface area contributed by atoms with E-state index < -0.39 is 8.32 Å². The summed E-state index contributed by atoms with van der Waals surface area (Å²) in [6, 6.07) is 0. The summed E-state index contributed by atoms with van der Waals surface area (Å²) in [6.07, 6.45) is 22.0. The monoisotopic (exact) mass is 334 g/mol. The first-order valence-corrected chi connectivity index (χ1v) is 12.5. The minimum Gasteiger partial charge on any atom is -0.412 e. The minimum atomic E-state index is -1.78. The molecule has 0 fully saturated rings. The molecule has 0 spiro atoms. The van der Waals surface area contributed by atoms with E-state index in [1.54, 1.807) is 0 Å². The standard InChI is InChI=1S/C21H38OSi/c1-7-16-20(22-23(5,6)21(2,3)4)19-17-14-12-10-8-9-11-13-15-18-19/h1,14,17,19-20H,8-13,15-16,18H2,2-6H3/b17-14-/t19-,20-/m0/s1. The van der Waals surface area contributed by atoms with Crippen molar-refractivity contribution in [1.29, 1.82) is 0 Å². The molecule has 0 heterocycles. The molecule has 0 radical (unpaired) electrons. The van der Waals surface area contributed by atoms with Crippen LogP contribution >= 0.6 is 0 Å². The van der Waals surface area contributed by atoms with Gasteiger partial charge < -0.3 is 4.43 Å². The average molecular weight is 335 g/mol. The van der Waals surface area contributed by atoms with Gasteiger partial charge in [0.15, 0.2) is 8.32 Å². The largest absolute Gasteiger partial charge is 0.412 e. The average Bonchev–Trinajstić information content (AvgIpc) is 2.50. The second kappa shape index (κ2) is 9.70. The lowest BCUT2D eigenvalue weighted by atomic mass is 9.93. The lowest BCUT2D eigenvalue weighted by molar-refractivity contribution is 0.136. The van der Waals surface area contributed by atoms with E-state index >= 15 is 0 Å². The summed E-state index contributed by atoms with van der Waals surface area (Å²) in [6.45, 7) is 11.6. The molecule has 0 aromatic carbocycles. The Hall–Kier alpha value is -0.523. The van der Waals surface area contributed by atoms with E-state index in [0.29, 0.717) is 5.92 Å². The topological polar surface area (TPSA) is 9.23 Å². The Morgan fingerprint density at radius 2 is 1.74 bits per heavy atom. The van der Waals surface area contributed by atoms with Crippen LogP contribution in [0.1, 0.15) is 78.6 Å². The van der Waals surface area contributed by atoms with Crippen molar-refractivity contribution in [2.75, 3.05) is 0 Å². The molecule has 23 heavy (non-hydrogen) atoms. The van der Waals surface area contributed by atoms with Crippen molar-refractivity contribution in [3.63, 3.8) is 0 Å². The number of terminal acetylenes is 1. The van der Waals surface area contributed by atoms with E-state index in [4.69, 9.17) is 10.8 Å². The van der Waals surface area contributed by atoms with Crippen LogP contribution in [0.5, 0.6) is 0 Å². The maximum atomic E-state index is 6.73. The molecule has 0 saturated carbocycles. The molecular weight excluding hydrogens is 296 g/mol. The Labute approximate surface area is 146 Å². The van der Waals surface area contributed by atoms with E-state index in [-0.39, 0.29) is 11.1 Å². The predicted octanol–water partition coefficient (Wildman–Crippen LogP) is 6.71. The van der Waals surface area contributed by atoms with Gasteiger partial charge in [0.2, 0.25) is 0 Å². The maximum Gasteiger partial charge on any atom is 0.192 e. The van der Waals surface area contributed by atoms with E-state index in [2.05, 4.69) is 51.9 Å². The highest BCUT2D eigenvalue weighted by Gasteiger charge is 2.40. The summed E-state index contributed by atoms with van der Waals surface area (Å²) >= 11 is 0. The Kier molecular flexibility index (Phi) is 8.65. The Morgan fingerprint density at radius 1 is 1.13 bits per heavy atom. The van der Waals surface area contributed by atoms with Crippen molar-refractivity contribution in [3.8, 4) is 12.3 Å². The van der Waals surface area contributed by atoms with Gasteiger partial charge >= 0.3 is 0 Å². The molecular formula is C21H38OSi. The lowest BCUT2D eigenvalue weighted by Crippen LogP contribution is -2.45. The molecule has 0 amide bonds. The van der Waals surface area contributed by atoms with Crippen molar-refractivity contribution in [2.24, 2.45) is 5.92 Å². The van der Waals surface area contributed by atoms with Crippen LogP contribution in [-0.4, -0.2) is 14.4 Å². The number of rotatable bonds is 4. The zero-order valence-electron chi connectivity index (χ0n) is 16.2. The lowest BCUT2D eigenvalue weighted by Gasteiger charge is -2.40. The number of hydrogen-bond acceptors (Lipinski definition) is 1. The van der Waals surface area contributed by atoms with Crippen molar-refractivity contribution in [3.05, 3.63) is 12.2 Å². The first kappa shape index (κ1) is 20.5. The summed E-state index contributed by atoms with van der Waals surface area (Å²) in [5.74, 6) is 3.36. The second-order valence-electron chi connectivity index (χ2n) is 8.62. The summed E-state index contributed by atoms with van der Waals surface area (Å²) in [4.78, 5) is 0. The van der Waals surface area contributed by atoms with Crippen LogP contribution in [0.3, 0.4) is 0 Å². The van der Waals surface area contributed by atoms with Crippen molar-refractivity contribution >= 4 is 8.32 Å². The molecule has 1 rings (SSSR count). The molecule has 1 aliphatic carbocycles. The highest BCUT2D eigenvalue weighted by Crippen LogP contribution is 2.39. The van der Waals surface area contributed by atoms with Crippen LogP contribution in [0.2, 0.25) is 18.1 Å². The summed E-state index contributed by atoms with van der Waals surface area (Å²) < 4.78 is 6.73. The zero-order chi connectivity index (χ0) is 17.3. The molecule has 1 nitrogen and oxygen atoms in total. The fourth-order valence-corrected chi connectivity index (χ4v) is 4.35. The van der Waals surface area contributed by atoms with E-state index in [1.807, 2.05) is 0 Å². The van der Waals surface area contributed by atoms with Crippen LogP contribution in [0.4, 0.5) is 0 Å². The third kappa shape index (κ3) is 7.27. The fraction of sp³-hybridized carbons (Fsp3) is 0.810. The molecule has 0 aromatic rings. The molecule has 0 bridgehead atoms. The molecule has 132 valence electrons. The number of allylic oxidation sites excluding steroid dienone is 1. The highest BCUT2D eigenvalue weighted by molar-refractivity contribution is 6.74. The fourth-order valence-electron chi connectivity index (χ4n) is 2.98. The first-order chi connectivity index (χ1) is 10.8. The Morgan fingerprint density at radius 3 is 2.35 bits per heavy atom. The van der Waals surface area contributed by atoms with Crippen LogP contribution in [0.25, 0.3) is 0 Å². The zero-order valence-corrected chi connectivity index (χ0v) is 17.2. The van der Waals surface area contributed by atoms with Crippen LogP contribution in [0, 0.1) is 18.3 Å². The second-order valence-corrected chi connectivity index (χ2v) is 13.4. The van der Waals surface area contributed by atoms with Gasteiger partial charge in [-0.1, -0.05) is 65.0 Å². The van der Waals surface area contributed by atoms with E-state index in [1.165, 1.54) is 51.4 Å². The van der Waals surface area contributed by atoms with Gasteiger partial charge in [0.05, 0.1) is 6.10 Å². The van der Waals surface area contributed by atoms with Crippen molar-refractivity contribution in [1.82, 2.24) is 0 Å². The van der Waals surface area contributed by atoms with Crippen molar-refractivity contribution in [2.45, 2.75) is 103 Å². The minimum absolute atomic E-state index is 0.192. The normalized spacial score (nSPS) is 24.3. The molecule has 0 aromatic heterocycles. The van der Waals surface area contributed by atoms with Gasteiger partial charge in [-0.2, -0.15) is 0 Å². The van der Waals surface area contributed by atoms with Gasteiger partial charge in [-0.3, -0.25) is 0 Å². The van der Waals surface area contributed by atoms with Gasteiger partial charge in [-0.05, 0) is 37.4 Å². The Balaban J connectivity index is 2.84. The third-order valence-electron chi connectivity index (χ3n) is 5.59. The molecule has 0 saturated heterocycles. The molecule has 0 aliphatic heterocycles. The smallest absolute Gasteiger partial charge is 0.192 e. The van der Waals surface area contributed by atoms with Gasteiger partial charge in [0.1, 0.15) is 0 Å². The SMILES string of the molecule is C#CC[C@H](O[Si](C)(C)C(C)(C)C)[C@H]1/C=C\CCCCCCCC1. The van der Waals surface area contributed by atoms with Gasteiger partial charge in [0.25, 0.3) is 0 Å². The summed E-state index contributed by atoms with van der Waals surface area (Å²) in [5, 5.41) is 0.233. The third-order valence-corrected chi connectivity index (χ3v) is 10.1. The molecule has 2 heteroatoms. The van der Waals surface area contributed by atoms with Crippen LogP contribution in [-0.2, 0) is 4.43 Å². The van der Waals surface area contributed by atoms with Gasteiger partial charge in [-0.15, -0.1) is 12.3 Å².